The van der Waals surface area contributed by atoms with Crippen LogP contribution in [-0.4, -0.2) is 0 Å². The molecule has 0 unspecified atom stereocenters. The summed E-state index contributed by atoms with van der Waals surface area (Å²) in [4.78, 5) is 0. The maximum atomic E-state index is 8.92. The highest BCUT2D eigenvalue weighted by Gasteiger charge is 2.25. The Morgan fingerprint density at radius 3 is 2.69 bits per heavy atom. The van der Waals surface area contributed by atoms with Crippen LogP contribution < -0.4 is 0 Å². The third-order valence-electron chi connectivity index (χ3n) is 2.40. The Kier molecular flexibility index (Phi) is 1.90. The van der Waals surface area contributed by atoms with Gasteiger partial charge >= 0.3 is 0 Å². The van der Waals surface area contributed by atoms with Crippen LogP contribution in [-0.2, 0) is 0 Å². The Hall–Kier alpha value is -1.55. The van der Waals surface area contributed by atoms with Crippen molar-refractivity contribution in [2.24, 2.45) is 0 Å². The van der Waals surface area contributed by atoms with Crippen molar-refractivity contribution < 1.29 is 0 Å². The maximum Gasteiger partial charge on any atom is 0.0994 e. The van der Waals surface area contributed by atoms with Gasteiger partial charge in [0.05, 0.1) is 11.6 Å². The van der Waals surface area contributed by atoms with Gasteiger partial charge in [-0.3, -0.25) is 0 Å². The number of benzene rings is 1. The van der Waals surface area contributed by atoms with Crippen molar-refractivity contribution in [1.29, 1.82) is 5.26 Å². The largest absolute Gasteiger partial charge is 0.192 e. The molecule has 63 valence electrons. The zero-order valence-corrected chi connectivity index (χ0v) is 7.38. The Bertz CT molecular complexity index is 381. The van der Waals surface area contributed by atoms with Gasteiger partial charge in [-0.1, -0.05) is 18.7 Å². The molecule has 0 N–H and O–H groups in total. The SMILES string of the molecule is C=[C]c1ccc(C2CC2)c(C#N)c1. The molecule has 0 saturated heterocycles. The molecule has 0 aliphatic heterocycles. The predicted octanol–water partition coefficient (Wildman–Crippen LogP) is 2.77. The molecule has 1 aromatic rings. The fourth-order valence-electron chi connectivity index (χ4n) is 1.51. The molecular formula is C12H10N. The van der Waals surface area contributed by atoms with Crippen LogP contribution >= 0.6 is 0 Å². The smallest absolute Gasteiger partial charge is 0.0994 e. The van der Waals surface area contributed by atoms with Crippen molar-refractivity contribution in [2.45, 2.75) is 18.8 Å². The Morgan fingerprint density at radius 2 is 2.15 bits per heavy atom. The van der Waals surface area contributed by atoms with Crippen LogP contribution in [0.4, 0.5) is 0 Å². The topological polar surface area (TPSA) is 23.8 Å². The Morgan fingerprint density at radius 1 is 1.38 bits per heavy atom. The highest BCUT2D eigenvalue weighted by atomic mass is 14.3. The quantitative estimate of drug-likeness (QED) is 0.666. The average Bonchev–Trinajstić information content (AvgIpc) is 3.00. The van der Waals surface area contributed by atoms with E-state index in [1.807, 2.05) is 18.2 Å². The summed E-state index contributed by atoms with van der Waals surface area (Å²) in [5.74, 6) is 0.633. The van der Waals surface area contributed by atoms with Crippen LogP contribution in [0.5, 0.6) is 0 Å². The fourth-order valence-corrected chi connectivity index (χ4v) is 1.51. The molecule has 0 spiro atoms. The van der Waals surface area contributed by atoms with Gasteiger partial charge in [-0.25, -0.2) is 0 Å². The predicted molar refractivity (Wildman–Crippen MR) is 51.1 cm³/mol. The molecule has 0 bridgehead atoms. The van der Waals surface area contributed by atoms with Crippen LogP contribution in [0.3, 0.4) is 0 Å². The lowest BCUT2D eigenvalue weighted by Gasteiger charge is -2.01. The van der Waals surface area contributed by atoms with Gasteiger partial charge in [0.15, 0.2) is 0 Å². The first-order chi connectivity index (χ1) is 6.35. The first-order valence-electron chi connectivity index (χ1n) is 4.42. The van der Waals surface area contributed by atoms with Crippen molar-refractivity contribution in [1.82, 2.24) is 0 Å². The van der Waals surface area contributed by atoms with E-state index in [2.05, 4.69) is 18.7 Å². The second-order valence-corrected chi connectivity index (χ2v) is 3.36. The summed E-state index contributed by atoms with van der Waals surface area (Å²) in [5.41, 5.74) is 2.89. The third kappa shape index (κ3) is 1.48. The van der Waals surface area contributed by atoms with E-state index in [1.165, 1.54) is 18.4 Å². The van der Waals surface area contributed by atoms with E-state index in [0.717, 1.165) is 11.1 Å². The summed E-state index contributed by atoms with van der Waals surface area (Å²) in [7, 11) is 0. The van der Waals surface area contributed by atoms with Gasteiger partial charge in [-0.2, -0.15) is 5.26 Å². The van der Waals surface area contributed by atoms with E-state index in [-0.39, 0.29) is 0 Å². The van der Waals surface area contributed by atoms with Gasteiger partial charge in [0.25, 0.3) is 0 Å². The normalized spacial score (nSPS) is 15.0. The van der Waals surface area contributed by atoms with E-state index in [4.69, 9.17) is 5.26 Å². The van der Waals surface area contributed by atoms with E-state index < -0.39 is 0 Å². The number of rotatable bonds is 2. The molecule has 1 aliphatic carbocycles. The van der Waals surface area contributed by atoms with E-state index in [1.54, 1.807) is 0 Å². The van der Waals surface area contributed by atoms with Crippen LogP contribution in [0, 0.1) is 17.4 Å². The van der Waals surface area contributed by atoms with Gasteiger partial charge < -0.3 is 0 Å². The number of hydrogen-bond donors (Lipinski definition) is 0. The standard InChI is InChI=1S/C12H10N/c1-2-9-3-6-12(10-4-5-10)11(7-9)8-13/h3,6-7,10H,1,4-5H2. The molecule has 1 radical (unpaired) electrons. The van der Waals surface area contributed by atoms with E-state index >= 15 is 0 Å². The monoisotopic (exact) mass is 168 g/mol. The molecule has 0 atom stereocenters. The second-order valence-electron chi connectivity index (χ2n) is 3.36. The minimum atomic E-state index is 0.633. The average molecular weight is 168 g/mol. The Balaban J connectivity index is 2.46. The van der Waals surface area contributed by atoms with Crippen molar-refractivity contribution in [3.63, 3.8) is 0 Å². The lowest BCUT2D eigenvalue weighted by atomic mass is 10.0. The van der Waals surface area contributed by atoms with E-state index in [0.29, 0.717) is 5.92 Å². The lowest BCUT2D eigenvalue weighted by Crippen LogP contribution is -1.87. The van der Waals surface area contributed by atoms with Crippen LogP contribution in [0.25, 0.3) is 0 Å². The summed E-state index contributed by atoms with van der Waals surface area (Å²) < 4.78 is 0. The van der Waals surface area contributed by atoms with Gasteiger partial charge in [-0.15, -0.1) is 0 Å². The van der Waals surface area contributed by atoms with Crippen molar-refractivity contribution >= 4 is 0 Å². The molecular weight excluding hydrogens is 158 g/mol. The van der Waals surface area contributed by atoms with Crippen molar-refractivity contribution in [3.05, 3.63) is 47.5 Å². The molecule has 13 heavy (non-hydrogen) atoms. The zero-order chi connectivity index (χ0) is 9.26. The molecule has 0 amide bonds. The summed E-state index contributed by atoms with van der Waals surface area (Å²) >= 11 is 0. The van der Waals surface area contributed by atoms with Gasteiger partial charge in [0, 0.05) is 0 Å². The van der Waals surface area contributed by atoms with Crippen LogP contribution in [0.15, 0.2) is 24.8 Å². The summed E-state index contributed by atoms with van der Waals surface area (Å²) in [6, 6.07) is 8.09. The summed E-state index contributed by atoms with van der Waals surface area (Å²) in [5, 5.41) is 8.92. The van der Waals surface area contributed by atoms with Gasteiger partial charge in [0.2, 0.25) is 0 Å². The van der Waals surface area contributed by atoms with Crippen LogP contribution in [0.2, 0.25) is 0 Å². The second kappa shape index (κ2) is 3.06. The highest BCUT2D eigenvalue weighted by Crippen LogP contribution is 2.41. The number of nitriles is 1. The minimum absolute atomic E-state index is 0.633. The maximum absolute atomic E-state index is 8.92. The lowest BCUT2D eigenvalue weighted by molar-refractivity contribution is 1.11. The fraction of sp³-hybridized carbons (Fsp3) is 0.250. The molecule has 1 heteroatoms. The molecule has 0 aromatic heterocycles. The highest BCUT2D eigenvalue weighted by molar-refractivity contribution is 5.45. The van der Waals surface area contributed by atoms with Gasteiger partial charge in [0.1, 0.15) is 0 Å². The molecule has 1 saturated carbocycles. The summed E-state index contributed by atoms with van der Waals surface area (Å²) in [6.07, 6.45) is 5.24. The molecule has 1 aliphatic rings. The molecule has 1 nitrogen and oxygen atoms in total. The van der Waals surface area contributed by atoms with E-state index in [9.17, 15) is 0 Å². The van der Waals surface area contributed by atoms with Gasteiger partial charge in [-0.05, 0) is 42.0 Å². The summed E-state index contributed by atoms with van der Waals surface area (Å²) in [6.45, 7) is 3.56. The minimum Gasteiger partial charge on any atom is -0.192 e. The first kappa shape index (κ1) is 8.07. The molecule has 2 rings (SSSR count). The Labute approximate surface area is 78.3 Å². The third-order valence-corrected chi connectivity index (χ3v) is 2.40. The molecule has 1 fully saturated rings. The van der Waals surface area contributed by atoms with Crippen molar-refractivity contribution in [2.75, 3.05) is 0 Å². The number of nitrogens with zero attached hydrogens (tertiary/aromatic N) is 1. The zero-order valence-electron chi connectivity index (χ0n) is 7.38. The van der Waals surface area contributed by atoms with Crippen LogP contribution in [0.1, 0.15) is 35.4 Å². The van der Waals surface area contributed by atoms with Crippen molar-refractivity contribution in [3.8, 4) is 6.07 Å². The molecule has 0 heterocycles. The molecule has 1 aromatic carbocycles. The first-order valence-corrected chi connectivity index (χ1v) is 4.42. The number of hydrogen-bond acceptors (Lipinski definition) is 1.